The van der Waals surface area contributed by atoms with E-state index in [2.05, 4.69) is 26.0 Å². The van der Waals surface area contributed by atoms with Crippen LogP contribution in [0.1, 0.15) is 19.4 Å². The van der Waals surface area contributed by atoms with Crippen LogP contribution < -0.4 is 10.0 Å². The van der Waals surface area contributed by atoms with Crippen LogP contribution in [0.3, 0.4) is 0 Å². The van der Waals surface area contributed by atoms with Gasteiger partial charge in [0.25, 0.3) is 0 Å². The Kier molecular flexibility index (Phi) is 6.75. The molecule has 0 radical (unpaired) electrons. The standard InChI is InChI=1S/C18H21BrN2O3S/c1-13(2)12-20-25(23,24)17-9-7-16(8-10-17)21-18(22)11-14-3-5-15(19)6-4-14/h3-10,13,20H,11-12H2,1-2H3,(H,21,22). The summed E-state index contributed by atoms with van der Waals surface area (Å²) in [5, 5.41) is 2.77. The topological polar surface area (TPSA) is 75.3 Å². The molecule has 7 heteroatoms. The van der Waals surface area contributed by atoms with Gasteiger partial charge in [-0.2, -0.15) is 0 Å². The number of anilines is 1. The first-order valence-electron chi connectivity index (χ1n) is 7.90. The third-order valence-corrected chi connectivity index (χ3v) is 5.38. The smallest absolute Gasteiger partial charge is 0.240 e. The van der Waals surface area contributed by atoms with E-state index in [1.54, 1.807) is 12.1 Å². The van der Waals surface area contributed by atoms with Gasteiger partial charge in [0.1, 0.15) is 0 Å². The molecular weight excluding hydrogens is 404 g/mol. The Morgan fingerprint density at radius 2 is 1.64 bits per heavy atom. The zero-order valence-electron chi connectivity index (χ0n) is 14.1. The first-order valence-corrected chi connectivity index (χ1v) is 10.2. The average Bonchev–Trinajstić information content (AvgIpc) is 2.56. The maximum Gasteiger partial charge on any atom is 0.240 e. The van der Waals surface area contributed by atoms with Crippen molar-refractivity contribution in [1.82, 2.24) is 4.72 Å². The molecule has 25 heavy (non-hydrogen) atoms. The quantitative estimate of drug-likeness (QED) is 0.712. The fourth-order valence-corrected chi connectivity index (χ4v) is 3.55. The molecule has 0 aliphatic rings. The molecule has 0 unspecified atom stereocenters. The summed E-state index contributed by atoms with van der Waals surface area (Å²) in [5.41, 5.74) is 1.46. The second-order valence-electron chi connectivity index (χ2n) is 6.12. The van der Waals surface area contributed by atoms with Gasteiger partial charge in [-0.05, 0) is 47.9 Å². The van der Waals surface area contributed by atoms with E-state index in [0.717, 1.165) is 10.0 Å². The lowest BCUT2D eigenvalue weighted by Crippen LogP contribution is -2.27. The molecule has 0 saturated carbocycles. The Morgan fingerprint density at radius 3 is 2.20 bits per heavy atom. The maximum atomic E-state index is 12.1. The van der Waals surface area contributed by atoms with Crippen molar-refractivity contribution in [2.45, 2.75) is 25.2 Å². The van der Waals surface area contributed by atoms with Crippen LogP contribution in [-0.2, 0) is 21.2 Å². The van der Waals surface area contributed by atoms with Gasteiger partial charge in [0.05, 0.1) is 11.3 Å². The molecule has 0 heterocycles. The highest BCUT2D eigenvalue weighted by atomic mass is 79.9. The highest BCUT2D eigenvalue weighted by Gasteiger charge is 2.14. The zero-order chi connectivity index (χ0) is 18.4. The predicted molar refractivity (Wildman–Crippen MR) is 103 cm³/mol. The molecule has 5 nitrogen and oxygen atoms in total. The second kappa shape index (κ2) is 8.60. The number of halogens is 1. The summed E-state index contributed by atoms with van der Waals surface area (Å²) in [4.78, 5) is 12.3. The van der Waals surface area contributed by atoms with E-state index in [-0.39, 0.29) is 23.1 Å². The highest BCUT2D eigenvalue weighted by molar-refractivity contribution is 9.10. The van der Waals surface area contributed by atoms with Gasteiger partial charge in [-0.3, -0.25) is 4.79 Å². The van der Waals surface area contributed by atoms with E-state index in [1.165, 1.54) is 12.1 Å². The molecular formula is C18H21BrN2O3S. The Hall–Kier alpha value is -1.70. The average molecular weight is 425 g/mol. The van der Waals surface area contributed by atoms with E-state index < -0.39 is 10.0 Å². The zero-order valence-corrected chi connectivity index (χ0v) is 16.5. The van der Waals surface area contributed by atoms with Crippen LogP contribution in [0.5, 0.6) is 0 Å². The Labute approximate surface area is 157 Å². The summed E-state index contributed by atoms with van der Waals surface area (Å²) in [5.74, 6) is 0.0720. The number of sulfonamides is 1. The summed E-state index contributed by atoms with van der Waals surface area (Å²) in [6.45, 7) is 4.26. The molecule has 0 spiro atoms. The molecule has 2 rings (SSSR count). The maximum absolute atomic E-state index is 12.1. The van der Waals surface area contributed by atoms with E-state index in [0.29, 0.717) is 12.2 Å². The fourth-order valence-electron chi connectivity index (χ4n) is 2.07. The van der Waals surface area contributed by atoms with Gasteiger partial charge < -0.3 is 5.32 Å². The van der Waals surface area contributed by atoms with Crippen molar-refractivity contribution in [3.8, 4) is 0 Å². The first kappa shape index (κ1) is 19.6. The minimum atomic E-state index is -3.52. The van der Waals surface area contributed by atoms with E-state index in [9.17, 15) is 13.2 Å². The van der Waals surface area contributed by atoms with Crippen molar-refractivity contribution in [3.63, 3.8) is 0 Å². The van der Waals surface area contributed by atoms with E-state index >= 15 is 0 Å². The number of nitrogens with one attached hydrogen (secondary N) is 2. The van der Waals surface area contributed by atoms with Crippen molar-refractivity contribution >= 4 is 37.5 Å². The van der Waals surface area contributed by atoms with Crippen LogP contribution in [-0.4, -0.2) is 20.9 Å². The van der Waals surface area contributed by atoms with Gasteiger partial charge in [0, 0.05) is 16.7 Å². The SMILES string of the molecule is CC(C)CNS(=O)(=O)c1ccc(NC(=O)Cc2ccc(Br)cc2)cc1. The normalized spacial score (nSPS) is 11.5. The Balaban J connectivity index is 1.97. The van der Waals surface area contributed by atoms with E-state index in [1.807, 2.05) is 38.1 Å². The van der Waals surface area contributed by atoms with Crippen LogP contribution >= 0.6 is 15.9 Å². The molecule has 0 atom stereocenters. The van der Waals surface area contributed by atoms with Crippen molar-refractivity contribution in [3.05, 3.63) is 58.6 Å². The van der Waals surface area contributed by atoms with Gasteiger partial charge in [0.2, 0.25) is 15.9 Å². The minimum Gasteiger partial charge on any atom is -0.326 e. The predicted octanol–water partition coefficient (Wildman–Crippen LogP) is 3.56. The Bertz CT molecular complexity index is 816. The fraction of sp³-hybridized carbons (Fsp3) is 0.278. The third kappa shape index (κ3) is 6.26. The van der Waals surface area contributed by atoms with Crippen LogP contribution in [0.2, 0.25) is 0 Å². The van der Waals surface area contributed by atoms with Crippen molar-refractivity contribution in [2.75, 3.05) is 11.9 Å². The summed E-state index contributed by atoms with van der Waals surface area (Å²) in [7, 11) is -3.52. The minimum absolute atomic E-state index is 0.157. The molecule has 1 amide bonds. The van der Waals surface area contributed by atoms with Crippen molar-refractivity contribution < 1.29 is 13.2 Å². The van der Waals surface area contributed by atoms with Crippen LogP contribution in [0.15, 0.2) is 57.9 Å². The summed E-state index contributed by atoms with van der Waals surface area (Å²) >= 11 is 3.35. The van der Waals surface area contributed by atoms with Crippen LogP contribution in [0.4, 0.5) is 5.69 Å². The molecule has 0 bridgehead atoms. The number of hydrogen-bond acceptors (Lipinski definition) is 3. The second-order valence-corrected chi connectivity index (χ2v) is 8.80. The van der Waals surface area contributed by atoms with Crippen LogP contribution in [0, 0.1) is 5.92 Å². The van der Waals surface area contributed by atoms with Gasteiger partial charge in [-0.25, -0.2) is 13.1 Å². The lowest BCUT2D eigenvalue weighted by atomic mass is 10.1. The lowest BCUT2D eigenvalue weighted by molar-refractivity contribution is -0.115. The van der Waals surface area contributed by atoms with Gasteiger partial charge >= 0.3 is 0 Å². The molecule has 0 aliphatic heterocycles. The number of hydrogen-bond donors (Lipinski definition) is 2. The van der Waals surface area contributed by atoms with Gasteiger partial charge in [-0.1, -0.05) is 41.9 Å². The summed E-state index contributed by atoms with van der Waals surface area (Å²) < 4.78 is 27.8. The van der Waals surface area contributed by atoms with Crippen LogP contribution in [0.25, 0.3) is 0 Å². The number of carbonyl (C=O) groups is 1. The number of amides is 1. The van der Waals surface area contributed by atoms with Crippen molar-refractivity contribution in [1.29, 1.82) is 0 Å². The number of rotatable bonds is 7. The molecule has 2 N–H and O–H groups in total. The Morgan fingerprint density at radius 1 is 1.04 bits per heavy atom. The number of carbonyl (C=O) groups excluding carboxylic acids is 1. The lowest BCUT2D eigenvalue weighted by Gasteiger charge is -2.10. The number of benzene rings is 2. The molecule has 134 valence electrons. The van der Waals surface area contributed by atoms with Gasteiger partial charge in [0.15, 0.2) is 0 Å². The summed E-state index contributed by atoms with van der Waals surface area (Å²) in [6.07, 6.45) is 0.253. The highest BCUT2D eigenvalue weighted by Crippen LogP contribution is 2.15. The first-order chi connectivity index (χ1) is 11.8. The molecule has 2 aromatic rings. The molecule has 0 aromatic heterocycles. The van der Waals surface area contributed by atoms with Gasteiger partial charge in [-0.15, -0.1) is 0 Å². The van der Waals surface area contributed by atoms with E-state index in [4.69, 9.17) is 0 Å². The molecule has 2 aromatic carbocycles. The summed E-state index contributed by atoms with van der Waals surface area (Å²) in [6, 6.07) is 13.7. The largest absolute Gasteiger partial charge is 0.326 e. The van der Waals surface area contributed by atoms with Crippen molar-refractivity contribution in [2.24, 2.45) is 5.92 Å². The monoisotopic (exact) mass is 424 g/mol. The molecule has 0 saturated heterocycles. The molecule has 0 aliphatic carbocycles. The molecule has 0 fully saturated rings. The third-order valence-electron chi connectivity index (χ3n) is 3.41.